The highest BCUT2D eigenvalue weighted by Gasteiger charge is 2.23. The Kier molecular flexibility index (Phi) is 7.07. The predicted molar refractivity (Wildman–Crippen MR) is 144 cm³/mol. The van der Waals surface area contributed by atoms with E-state index < -0.39 is 10.0 Å². The minimum Gasteiger partial charge on any atom is -0.476 e. The normalized spacial score (nSPS) is 13.2. The van der Waals surface area contributed by atoms with Gasteiger partial charge in [0, 0.05) is 23.8 Å². The van der Waals surface area contributed by atoms with Crippen LogP contribution in [0.4, 0.5) is 16.4 Å². The van der Waals surface area contributed by atoms with Gasteiger partial charge < -0.3 is 20.7 Å². The molecular weight excluding hydrogens is 506 g/mol. The Labute approximate surface area is 219 Å². The molecule has 11 nitrogen and oxygen atoms in total. The monoisotopic (exact) mass is 533 g/mol. The van der Waals surface area contributed by atoms with Crippen molar-refractivity contribution < 1.29 is 17.9 Å². The summed E-state index contributed by atoms with van der Waals surface area (Å²) in [5.41, 5.74) is 4.24. The summed E-state index contributed by atoms with van der Waals surface area (Å²) in [4.78, 5) is 25.8. The number of hydrogen-bond acceptors (Lipinski definition) is 8. The molecule has 2 amide bonds. The summed E-state index contributed by atoms with van der Waals surface area (Å²) in [6, 6.07) is 17.5. The summed E-state index contributed by atoms with van der Waals surface area (Å²) in [5, 5.41) is 14.0. The largest absolute Gasteiger partial charge is 0.476 e. The number of urea groups is 1. The highest BCUT2D eigenvalue weighted by molar-refractivity contribution is 7.89. The van der Waals surface area contributed by atoms with Crippen molar-refractivity contribution in [2.75, 3.05) is 17.2 Å². The second-order valence-corrected chi connectivity index (χ2v) is 10.4. The molecule has 1 fully saturated rings. The van der Waals surface area contributed by atoms with Crippen LogP contribution in [-0.2, 0) is 16.6 Å². The van der Waals surface area contributed by atoms with Crippen LogP contribution in [-0.4, -0.2) is 42.0 Å². The number of nitrogens with two attached hydrogens (primary N) is 1. The number of ether oxygens (including phenoxy) is 1. The number of aromatic nitrogens is 3. The van der Waals surface area contributed by atoms with Crippen molar-refractivity contribution >= 4 is 38.7 Å². The fraction of sp³-hybridized carbons (Fsp3) is 0.231. The fourth-order valence-electron chi connectivity index (χ4n) is 3.75. The van der Waals surface area contributed by atoms with E-state index in [0.29, 0.717) is 47.4 Å². The number of nitrogens with zero attached hydrogens (tertiary/aromatic N) is 3. The zero-order valence-corrected chi connectivity index (χ0v) is 21.5. The van der Waals surface area contributed by atoms with Gasteiger partial charge in [0.05, 0.1) is 22.7 Å². The summed E-state index contributed by atoms with van der Waals surface area (Å²) in [6.45, 7) is 2.63. The van der Waals surface area contributed by atoms with Crippen LogP contribution in [0.2, 0.25) is 0 Å². The van der Waals surface area contributed by atoms with Gasteiger partial charge in [-0.25, -0.2) is 28.3 Å². The van der Waals surface area contributed by atoms with Crippen LogP contribution in [0, 0.1) is 0 Å². The van der Waals surface area contributed by atoms with Crippen molar-refractivity contribution in [1.82, 2.24) is 20.3 Å². The molecule has 0 radical (unpaired) electrons. The predicted octanol–water partition coefficient (Wildman–Crippen LogP) is 3.63. The van der Waals surface area contributed by atoms with Gasteiger partial charge in [-0.1, -0.05) is 24.3 Å². The molecular formula is C26H27N7O4S. The summed E-state index contributed by atoms with van der Waals surface area (Å²) in [5.74, 6) is 0.701. The number of pyridine rings is 1. The highest BCUT2D eigenvalue weighted by Crippen LogP contribution is 2.27. The first kappa shape index (κ1) is 25.4. The minimum atomic E-state index is -3.74. The van der Waals surface area contributed by atoms with Gasteiger partial charge in [0.15, 0.2) is 5.52 Å². The molecule has 2 heterocycles. The van der Waals surface area contributed by atoms with Gasteiger partial charge in [0.2, 0.25) is 21.9 Å². The van der Waals surface area contributed by atoms with E-state index >= 15 is 0 Å². The zero-order chi connectivity index (χ0) is 26.7. The zero-order valence-electron chi connectivity index (χ0n) is 20.6. The third-order valence-electron chi connectivity index (χ3n) is 5.84. The Morgan fingerprint density at radius 2 is 1.74 bits per heavy atom. The summed E-state index contributed by atoms with van der Waals surface area (Å²) >= 11 is 0. The maximum atomic E-state index is 12.0. The fourth-order valence-corrected chi connectivity index (χ4v) is 4.26. The van der Waals surface area contributed by atoms with Crippen LogP contribution < -0.4 is 25.8 Å². The Bertz CT molecular complexity index is 1570. The third-order valence-corrected chi connectivity index (χ3v) is 6.77. The first-order valence-electron chi connectivity index (χ1n) is 12.1. The quantitative estimate of drug-likeness (QED) is 0.254. The number of fused-ring (bicyclic) bond motifs is 1. The van der Waals surface area contributed by atoms with E-state index in [2.05, 4.69) is 25.9 Å². The Balaban J connectivity index is 1.33. The first-order valence-corrected chi connectivity index (χ1v) is 13.7. The number of nitrogens with one attached hydrogen (secondary N) is 3. The van der Waals surface area contributed by atoms with Crippen molar-refractivity contribution in [1.29, 1.82) is 0 Å². The molecule has 196 valence electrons. The number of sulfonamides is 1. The van der Waals surface area contributed by atoms with E-state index in [1.807, 2.05) is 43.3 Å². The lowest BCUT2D eigenvalue weighted by atomic mass is 10.1. The maximum Gasteiger partial charge on any atom is 0.319 e. The first-order chi connectivity index (χ1) is 18.3. The summed E-state index contributed by atoms with van der Waals surface area (Å²) in [6.07, 6.45) is 2.06. The number of anilines is 2. The van der Waals surface area contributed by atoms with Gasteiger partial charge in [-0.2, -0.15) is 4.98 Å². The van der Waals surface area contributed by atoms with Crippen molar-refractivity contribution in [3.8, 4) is 17.1 Å². The van der Waals surface area contributed by atoms with Crippen LogP contribution in [0.3, 0.4) is 0 Å². The van der Waals surface area contributed by atoms with Crippen molar-refractivity contribution in [2.24, 2.45) is 5.14 Å². The number of carbonyl (C=O) groups excluding carboxylic acids is 1. The van der Waals surface area contributed by atoms with E-state index in [1.165, 1.54) is 12.1 Å². The average Bonchev–Trinajstić information content (AvgIpc) is 3.71. The van der Waals surface area contributed by atoms with Crippen LogP contribution in [0.25, 0.3) is 22.3 Å². The lowest BCUT2D eigenvalue weighted by Crippen LogP contribution is -2.30. The van der Waals surface area contributed by atoms with E-state index in [4.69, 9.17) is 14.9 Å². The number of primary sulfonamides is 1. The molecule has 0 spiro atoms. The van der Waals surface area contributed by atoms with Gasteiger partial charge in [-0.3, -0.25) is 0 Å². The van der Waals surface area contributed by atoms with Crippen LogP contribution in [0.1, 0.15) is 25.3 Å². The summed E-state index contributed by atoms with van der Waals surface area (Å²) in [7, 11) is -3.74. The Morgan fingerprint density at radius 1 is 1.00 bits per heavy atom. The number of benzene rings is 2. The number of rotatable bonds is 9. The average molecular weight is 534 g/mol. The molecule has 1 aliphatic carbocycles. The van der Waals surface area contributed by atoms with E-state index in [9.17, 15) is 13.2 Å². The van der Waals surface area contributed by atoms with Gasteiger partial charge in [-0.05, 0) is 61.7 Å². The van der Waals surface area contributed by atoms with Crippen molar-refractivity contribution in [2.45, 2.75) is 37.2 Å². The van der Waals surface area contributed by atoms with Gasteiger partial charge in [0.1, 0.15) is 0 Å². The molecule has 38 heavy (non-hydrogen) atoms. The smallest absolute Gasteiger partial charge is 0.319 e. The SMILES string of the molecule is CCOc1nc(NCc2ccc(S(N)(=O)=O)cc2)nc2ccc(-c3ccc(NC(=O)NC4CC4)cc3)nc12. The maximum absolute atomic E-state index is 12.0. The van der Waals surface area contributed by atoms with Crippen molar-refractivity contribution in [3.63, 3.8) is 0 Å². The van der Waals surface area contributed by atoms with Crippen LogP contribution >= 0.6 is 0 Å². The Morgan fingerprint density at radius 3 is 2.39 bits per heavy atom. The highest BCUT2D eigenvalue weighted by atomic mass is 32.2. The van der Waals surface area contributed by atoms with Gasteiger partial charge in [0.25, 0.3) is 0 Å². The van der Waals surface area contributed by atoms with E-state index in [-0.39, 0.29) is 17.0 Å². The molecule has 2 aromatic carbocycles. The molecule has 2 aromatic heterocycles. The lowest BCUT2D eigenvalue weighted by molar-refractivity contribution is 0.251. The third kappa shape index (κ3) is 6.15. The molecule has 1 saturated carbocycles. The standard InChI is InChI=1S/C26H27N7O4S/c1-2-37-24-23-22(32-25(33-24)28-15-16-3-11-20(12-4-16)38(27,35)36)14-13-21(31-23)17-5-7-18(8-6-17)29-26(34)30-19-9-10-19/h3-8,11-14,19H,2,9-10,15H2,1H3,(H2,27,35,36)(H,28,32,33)(H2,29,30,34). The molecule has 1 aliphatic rings. The van der Waals surface area contributed by atoms with E-state index in [0.717, 1.165) is 24.0 Å². The minimum absolute atomic E-state index is 0.0497. The van der Waals surface area contributed by atoms with Crippen LogP contribution in [0.5, 0.6) is 5.88 Å². The molecule has 4 aromatic rings. The van der Waals surface area contributed by atoms with Gasteiger partial charge in [-0.15, -0.1) is 0 Å². The number of carbonyl (C=O) groups is 1. The second-order valence-electron chi connectivity index (χ2n) is 8.84. The molecule has 5 rings (SSSR count). The molecule has 0 unspecified atom stereocenters. The molecule has 0 bridgehead atoms. The molecule has 5 N–H and O–H groups in total. The van der Waals surface area contributed by atoms with E-state index in [1.54, 1.807) is 12.1 Å². The summed E-state index contributed by atoms with van der Waals surface area (Å²) < 4.78 is 28.7. The molecule has 0 atom stereocenters. The number of hydrogen-bond donors (Lipinski definition) is 4. The molecule has 0 aliphatic heterocycles. The number of amides is 2. The molecule has 0 saturated heterocycles. The lowest BCUT2D eigenvalue weighted by Gasteiger charge is -2.11. The van der Waals surface area contributed by atoms with Crippen molar-refractivity contribution in [3.05, 3.63) is 66.2 Å². The molecule has 12 heteroatoms. The Hall–Kier alpha value is -4.29. The second kappa shape index (κ2) is 10.6. The van der Waals surface area contributed by atoms with Gasteiger partial charge >= 0.3 is 6.03 Å². The topological polar surface area (TPSA) is 161 Å². The van der Waals surface area contributed by atoms with Crippen LogP contribution in [0.15, 0.2) is 65.6 Å².